The summed E-state index contributed by atoms with van der Waals surface area (Å²) in [6.45, 7) is 3.49. The molecule has 0 aliphatic carbocycles. The lowest BCUT2D eigenvalue weighted by atomic mass is 9.94. The fraction of sp³-hybridized carbons (Fsp3) is 0.368. The van der Waals surface area contributed by atoms with Crippen LogP contribution in [0.2, 0.25) is 0 Å². The van der Waals surface area contributed by atoms with Crippen LogP contribution in [0.25, 0.3) is 6.08 Å². The van der Waals surface area contributed by atoms with E-state index in [-0.39, 0.29) is 18.9 Å². The van der Waals surface area contributed by atoms with E-state index in [0.29, 0.717) is 6.54 Å². The van der Waals surface area contributed by atoms with Crippen LogP contribution in [0.4, 0.5) is 4.79 Å². The van der Waals surface area contributed by atoms with E-state index in [9.17, 15) is 19.2 Å². The third-order valence-corrected chi connectivity index (χ3v) is 4.61. The zero-order chi connectivity index (χ0) is 19.6. The first-order valence-corrected chi connectivity index (χ1v) is 8.73. The lowest BCUT2D eigenvalue weighted by Gasteiger charge is -2.32. The Hall–Kier alpha value is -3.16. The van der Waals surface area contributed by atoms with Crippen LogP contribution in [0.15, 0.2) is 30.5 Å². The SMILES string of the molecule is CC(=O)N1C=Cc2ccccc2[C@H]1CC(=O)O[C@@H](C)C(=O)N1CCNC1=O. The summed E-state index contributed by atoms with van der Waals surface area (Å²) in [5, 5.41) is 2.53. The zero-order valence-electron chi connectivity index (χ0n) is 15.2. The van der Waals surface area contributed by atoms with E-state index in [4.69, 9.17) is 4.74 Å². The van der Waals surface area contributed by atoms with Crippen LogP contribution in [0.5, 0.6) is 0 Å². The molecule has 0 saturated carbocycles. The van der Waals surface area contributed by atoms with Crippen molar-refractivity contribution in [3.63, 3.8) is 0 Å². The smallest absolute Gasteiger partial charge is 0.324 e. The average molecular weight is 371 g/mol. The Bertz CT molecular complexity index is 819. The molecule has 0 radical (unpaired) electrons. The summed E-state index contributed by atoms with van der Waals surface area (Å²) in [5.41, 5.74) is 1.76. The lowest BCUT2D eigenvalue weighted by Crippen LogP contribution is -2.42. The Morgan fingerprint density at radius 3 is 2.70 bits per heavy atom. The van der Waals surface area contributed by atoms with Gasteiger partial charge >= 0.3 is 12.0 Å². The highest BCUT2D eigenvalue weighted by Crippen LogP contribution is 2.33. The van der Waals surface area contributed by atoms with E-state index in [1.807, 2.05) is 30.3 Å². The van der Waals surface area contributed by atoms with Crippen LogP contribution < -0.4 is 5.32 Å². The van der Waals surface area contributed by atoms with E-state index < -0.39 is 30.1 Å². The maximum Gasteiger partial charge on any atom is 0.324 e. The number of urea groups is 1. The summed E-state index contributed by atoms with van der Waals surface area (Å²) in [6.07, 6.45) is 2.29. The number of imide groups is 1. The van der Waals surface area contributed by atoms with Gasteiger partial charge in [-0.1, -0.05) is 24.3 Å². The normalized spacial score (nSPS) is 19.3. The first kappa shape index (κ1) is 18.6. The van der Waals surface area contributed by atoms with Gasteiger partial charge in [-0.25, -0.2) is 4.79 Å². The summed E-state index contributed by atoms with van der Waals surface area (Å²) in [4.78, 5) is 50.8. The van der Waals surface area contributed by atoms with Gasteiger partial charge in [0.05, 0.1) is 12.5 Å². The van der Waals surface area contributed by atoms with Gasteiger partial charge in [-0.2, -0.15) is 0 Å². The van der Waals surface area contributed by atoms with E-state index in [0.717, 1.165) is 16.0 Å². The number of hydrogen-bond donors (Lipinski definition) is 1. The molecule has 27 heavy (non-hydrogen) atoms. The molecule has 2 aliphatic rings. The molecule has 8 nitrogen and oxygen atoms in total. The number of amides is 4. The monoisotopic (exact) mass is 371 g/mol. The lowest BCUT2D eigenvalue weighted by molar-refractivity contribution is -0.158. The largest absolute Gasteiger partial charge is 0.452 e. The fourth-order valence-electron chi connectivity index (χ4n) is 3.27. The molecule has 8 heteroatoms. The Morgan fingerprint density at radius 2 is 2.04 bits per heavy atom. The third kappa shape index (κ3) is 3.84. The summed E-state index contributed by atoms with van der Waals surface area (Å²) in [7, 11) is 0. The molecule has 2 atom stereocenters. The van der Waals surface area contributed by atoms with Crippen molar-refractivity contribution < 1.29 is 23.9 Å². The molecular weight excluding hydrogens is 350 g/mol. The molecule has 1 fully saturated rings. The molecule has 2 aliphatic heterocycles. The van der Waals surface area contributed by atoms with Gasteiger partial charge in [0.2, 0.25) is 5.91 Å². The molecule has 1 aromatic carbocycles. The predicted octanol–water partition coefficient (Wildman–Crippen LogP) is 1.43. The van der Waals surface area contributed by atoms with E-state index in [2.05, 4.69) is 5.32 Å². The van der Waals surface area contributed by atoms with Crippen molar-refractivity contribution >= 4 is 29.9 Å². The minimum Gasteiger partial charge on any atom is -0.452 e. The van der Waals surface area contributed by atoms with Gasteiger partial charge in [-0.15, -0.1) is 0 Å². The van der Waals surface area contributed by atoms with Crippen molar-refractivity contribution in [3.05, 3.63) is 41.6 Å². The van der Waals surface area contributed by atoms with Crippen molar-refractivity contribution in [1.29, 1.82) is 0 Å². The summed E-state index contributed by atoms with van der Waals surface area (Å²) in [5.74, 6) is -1.38. The van der Waals surface area contributed by atoms with Gasteiger partial charge in [0.1, 0.15) is 0 Å². The highest BCUT2D eigenvalue weighted by atomic mass is 16.5. The van der Waals surface area contributed by atoms with Crippen molar-refractivity contribution in [2.24, 2.45) is 0 Å². The van der Waals surface area contributed by atoms with E-state index in [1.54, 1.807) is 6.20 Å². The molecule has 0 spiro atoms. The number of benzene rings is 1. The number of rotatable bonds is 4. The van der Waals surface area contributed by atoms with Gasteiger partial charge in [-0.3, -0.25) is 19.3 Å². The quantitative estimate of drug-likeness (QED) is 0.808. The second-order valence-electron chi connectivity index (χ2n) is 6.44. The molecule has 2 heterocycles. The number of nitrogens with zero attached hydrogens (tertiary/aromatic N) is 2. The zero-order valence-corrected chi connectivity index (χ0v) is 15.2. The molecule has 0 aromatic heterocycles. The highest BCUT2D eigenvalue weighted by molar-refractivity contribution is 5.98. The molecule has 1 aromatic rings. The summed E-state index contributed by atoms with van der Waals surface area (Å²) >= 11 is 0. The fourth-order valence-corrected chi connectivity index (χ4v) is 3.27. The van der Waals surface area contributed by atoms with Gasteiger partial charge < -0.3 is 15.0 Å². The number of esters is 1. The maximum absolute atomic E-state index is 12.4. The molecule has 0 bridgehead atoms. The number of fused-ring (bicyclic) bond motifs is 1. The minimum atomic E-state index is -1.08. The molecule has 142 valence electrons. The van der Waals surface area contributed by atoms with Crippen molar-refractivity contribution in [2.75, 3.05) is 13.1 Å². The third-order valence-electron chi connectivity index (χ3n) is 4.61. The molecule has 1 saturated heterocycles. The number of nitrogens with one attached hydrogen (secondary N) is 1. The van der Waals surface area contributed by atoms with Crippen LogP contribution in [-0.2, 0) is 19.1 Å². The van der Waals surface area contributed by atoms with Crippen molar-refractivity contribution in [3.8, 4) is 0 Å². The standard InChI is InChI=1S/C19H21N3O5/c1-12(18(25)22-10-8-20-19(22)26)27-17(24)11-16-15-6-4-3-5-14(15)7-9-21(16)13(2)23/h3-7,9,12,16H,8,10-11H2,1-2H3,(H,20,26)/t12-,16+/m0/s1. The minimum absolute atomic E-state index is 0.0925. The highest BCUT2D eigenvalue weighted by Gasteiger charge is 2.33. The molecule has 4 amide bonds. The number of carbonyl (C=O) groups excluding carboxylic acids is 4. The summed E-state index contributed by atoms with van der Waals surface area (Å²) < 4.78 is 5.25. The number of hydrogen-bond acceptors (Lipinski definition) is 5. The van der Waals surface area contributed by atoms with Crippen molar-refractivity contribution in [2.45, 2.75) is 32.4 Å². The van der Waals surface area contributed by atoms with Crippen LogP contribution in [-0.4, -0.2) is 52.8 Å². The molecule has 3 rings (SSSR count). The Morgan fingerprint density at radius 1 is 1.30 bits per heavy atom. The summed E-state index contributed by atoms with van der Waals surface area (Å²) in [6, 6.07) is 6.48. The van der Waals surface area contributed by atoms with Crippen LogP contribution in [0.3, 0.4) is 0 Å². The number of ether oxygens (including phenoxy) is 1. The number of carbonyl (C=O) groups is 4. The second-order valence-corrected chi connectivity index (χ2v) is 6.44. The maximum atomic E-state index is 12.4. The molecule has 0 unspecified atom stereocenters. The predicted molar refractivity (Wildman–Crippen MR) is 96.0 cm³/mol. The molecule has 1 N–H and O–H groups in total. The van der Waals surface area contributed by atoms with Gasteiger partial charge in [0.15, 0.2) is 6.10 Å². The topological polar surface area (TPSA) is 96.0 Å². The van der Waals surface area contributed by atoms with Crippen LogP contribution in [0.1, 0.15) is 37.4 Å². The van der Waals surface area contributed by atoms with Crippen LogP contribution in [0, 0.1) is 0 Å². The Balaban J connectivity index is 1.70. The average Bonchev–Trinajstić information content (AvgIpc) is 3.06. The van der Waals surface area contributed by atoms with Crippen LogP contribution >= 0.6 is 0 Å². The Labute approximate surface area is 156 Å². The van der Waals surface area contributed by atoms with E-state index in [1.165, 1.54) is 18.7 Å². The second kappa shape index (κ2) is 7.61. The van der Waals surface area contributed by atoms with Gasteiger partial charge in [0, 0.05) is 26.2 Å². The van der Waals surface area contributed by atoms with Crippen molar-refractivity contribution in [1.82, 2.24) is 15.1 Å². The van der Waals surface area contributed by atoms with Gasteiger partial charge in [0.25, 0.3) is 5.91 Å². The first-order chi connectivity index (χ1) is 12.9. The first-order valence-electron chi connectivity index (χ1n) is 8.73. The Kier molecular flexibility index (Phi) is 5.25. The molecular formula is C19H21N3O5. The van der Waals surface area contributed by atoms with Gasteiger partial charge in [-0.05, 0) is 24.1 Å². The van der Waals surface area contributed by atoms with E-state index >= 15 is 0 Å².